The number of anilines is 1. The van der Waals surface area contributed by atoms with Crippen molar-refractivity contribution >= 4 is 60.1 Å². The molecule has 4 aromatic rings. The number of nitrogens with zero attached hydrogens (tertiary/aromatic N) is 3. The fourth-order valence-electron chi connectivity index (χ4n) is 6.56. The summed E-state index contributed by atoms with van der Waals surface area (Å²) in [6, 6.07) is 25.8. The van der Waals surface area contributed by atoms with E-state index in [9.17, 15) is 26.4 Å². The minimum Gasteiger partial charge on any atom is -0.444 e. The average Bonchev–Trinajstić information content (AvgIpc) is 3.52. The van der Waals surface area contributed by atoms with Gasteiger partial charge in [-0.25, -0.2) is 21.6 Å². The van der Waals surface area contributed by atoms with Crippen LogP contribution < -0.4 is 4.72 Å². The maximum absolute atomic E-state index is 12.7. The quantitative estimate of drug-likeness (QED) is 0.191. The standard InChI is InChI=1S/C22H24ClN3O3S.C17H25NO4S/c23-18-6-7-21-17(16-18)8-12-25(21)15-11-22(27)26-13-9-20(10-14-26)30(28,29)24-19-4-2-1-3-5-19;1-17(2,3)22-16(19)18-11-9-15(10-12-18)23(20,21)13-14-7-5-4-6-8-14/h1-8,12,16,20,24H,9-11,13-15H2;4-8,15H,9-13H2,1-3H3. The lowest BCUT2D eigenvalue weighted by molar-refractivity contribution is -0.132. The fourth-order valence-corrected chi connectivity index (χ4v) is 10.0. The van der Waals surface area contributed by atoms with Gasteiger partial charge in [-0.3, -0.25) is 9.52 Å². The van der Waals surface area contributed by atoms with Gasteiger partial charge < -0.3 is 19.1 Å². The average molecular weight is 785 g/mol. The summed E-state index contributed by atoms with van der Waals surface area (Å²) in [7, 11) is -6.66. The van der Waals surface area contributed by atoms with Crippen molar-refractivity contribution in [3.8, 4) is 0 Å². The number of amides is 2. The topological polar surface area (TPSA) is 135 Å². The summed E-state index contributed by atoms with van der Waals surface area (Å²) in [4.78, 5) is 28.0. The molecule has 0 atom stereocenters. The van der Waals surface area contributed by atoms with Gasteiger partial charge in [0.15, 0.2) is 9.84 Å². The third kappa shape index (κ3) is 11.5. The molecule has 2 saturated heterocycles. The van der Waals surface area contributed by atoms with Gasteiger partial charge in [0.25, 0.3) is 0 Å². The number of carbonyl (C=O) groups excluding carboxylic acids is 2. The number of piperidine rings is 2. The van der Waals surface area contributed by atoms with Crippen LogP contribution in [0.15, 0.2) is 91.1 Å². The van der Waals surface area contributed by atoms with E-state index in [1.807, 2.05) is 92.2 Å². The van der Waals surface area contributed by atoms with Crippen molar-refractivity contribution in [1.82, 2.24) is 14.4 Å². The van der Waals surface area contributed by atoms with E-state index in [2.05, 4.69) is 4.72 Å². The zero-order valence-corrected chi connectivity index (χ0v) is 32.9. The van der Waals surface area contributed by atoms with Crippen molar-refractivity contribution in [3.05, 3.63) is 102 Å². The highest BCUT2D eigenvalue weighted by atomic mass is 35.5. The van der Waals surface area contributed by atoms with E-state index in [1.54, 1.807) is 34.1 Å². The van der Waals surface area contributed by atoms with Crippen LogP contribution in [0, 0.1) is 0 Å². The summed E-state index contributed by atoms with van der Waals surface area (Å²) in [5.74, 6) is 0.114. The first-order valence-corrected chi connectivity index (χ1v) is 21.6. The number of rotatable bonds is 9. The second-order valence-corrected chi connectivity index (χ2v) is 19.2. The molecule has 2 amide bonds. The van der Waals surface area contributed by atoms with Crippen LogP contribution in [0.25, 0.3) is 10.9 Å². The minimum absolute atomic E-state index is 0.0534. The molecular formula is C39H49ClN4O7S2. The van der Waals surface area contributed by atoms with Crippen molar-refractivity contribution < 1.29 is 31.2 Å². The molecule has 6 rings (SSSR count). The van der Waals surface area contributed by atoms with Crippen molar-refractivity contribution in [1.29, 1.82) is 0 Å². The highest BCUT2D eigenvalue weighted by molar-refractivity contribution is 7.93. The molecule has 11 nitrogen and oxygen atoms in total. The predicted octanol–water partition coefficient (Wildman–Crippen LogP) is 7.12. The molecule has 2 aliphatic rings. The summed E-state index contributed by atoms with van der Waals surface area (Å²) in [5, 5.41) is 0.865. The van der Waals surface area contributed by atoms with Gasteiger partial charge >= 0.3 is 6.09 Å². The van der Waals surface area contributed by atoms with Crippen LogP contribution in [0.1, 0.15) is 58.4 Å². The Bertz CT molecular complexity index is 2050. The highest BCUT2D eigenvalue weighted by Gasteiger charge is 2.34. The Hall–Kier alpha value is -4.07. The van der Waals surface area contributed by atoms with Gasteiger partial charge in [0.1, 0.15) is 5.60 Å². The molecule has 0 spiro atoms. The Kier molecular flexibility index (Phi) is 13.2. The van der Waals surface area contributed by atoms with E-state index in [4.69, 9.17) is 16.3 Å². The minimum atomic E-state index is -3.46. The molecule has 3 aromatic carbocycles. The molecule has 1 N–H and O–H groups in total. The number of hydrogen-bond acceptors (Lipinski definition) is 7. The molecule has 0 radical (unpaired) electrons. The fraction of sp³-hybridized carbons (Fsp3) is 0.436. The second kappa shape index (κ2) is 17.4. The summed E-state index contributed by atoms with van der Waals surface area (Å²) >= 11 is 6.03. The molecule has 0 saturated carbocycles. The molecule has 2 aliphatic heterocycles. The first kappa shape index (κ1) is 40.1. The molecule has 14 heteroatoms. The number of likely N-dealkylation sites (tertiary alicyclic amines) is 2. The van der Waals surface area contributed by atoms with Gasteiger partial charge in [-0.1, -0.05) is 60.1 Å². The molecule has 286 valence electrons. The molecule has 3 heterocycles. The van der Waals surface area contributed by atoms with Crippen LogP contribution in [0.4, 0.5) is 10.5 Å². The van der Waals surface area contributed by atoms with Gasteiger partial charge in [0.2, 0.25) is 15.9 Å². The van der Waals surface area contributed by atoms with Crippen molar-refractivity contribution in [2.24, 2.45) is 0 Å². The number of para-hydroxylation sites is 1. The van der Waals surface area contributed by atoms with Crippen molar-refractivity contribution in [3.63, 3.8) is 0 Å². The van der Waals surface area contributed by atoms with E-state index in [0.717, 1.165) is 16.5 Å². The van der Waals surface area contributed by atoms with Crippen LogP contribution in [0.5, 0.6) is 0 Å². The van der Waals surface area contributed by atoms with E-state index in [0.29, 0.717) is 75.5 Å². The van der Waals surface area contributed by atoms with Gasteiger partial charge in [-0.05, 0) is 88.4 Å². The lowest BCUT2D eigenvalue weighted by Crippen LogP contribution is -2.44. The van der Waals surface area contributed by atoms with Gasteiger partial charge in [-0.2, -0.15) is 0 Å². The van der Waals surface area contributed by atoms with Crippen molar-refractivity contribution in [2.45, 2.75) is 81.3 Å². The predicted molar refractivity (Wildman–Crippen MR) is 210 cm³/mol. The normalized spacial score (nSPS) is 16.2. The van der Waals surface area contributed by atoms with Crippen LogP contribution in [-0.4, -0.2) is 85.5 Å². The zero-order valence-electron chi connectivity index (χ0n) is 30.5. The number of carbonyl (C=O) groups is 2. The highest BCUT2D eigenvalue weighted by Crippen LogP contribution is 2.25. The van der Waals surface area contributed by atoms with E-state index in [1.165, 1.54) is 0 Å². The Morgan fingerprint density at radius 1 is 0.792 bits per heavy atom. The number of halogens is 1. The number of fused-ring (bicyclic) bond motifs is 1. The van der Waals surface area contributed by atoms with Crippen LogP contribution >= 0.6 is 11.6 Å². The largest absolute Gasteiger partial charge is 0.444 e. The molecule has 0 bridgehead atoms. The van der Waals surface area contributed by atoms with E-state index < -0.39 is 30.7 Å². The number of sulfone groups is 1. The summed E-state index contributed by atoms with van der Waals surface area (Å²) < 4.78 is 60.3. The van der Waals surface area contributed by atoms with Gasteiger partial charge in [-0.15, -0.1) is 0 Å². The number of aromatic nitrogens is 1. The first-order valence-electron chi connectivity index (χ1n) is 17.9. The summed E-state index contributed by atoms with van der Waals surface area (Å²) in [6.07, 6.45) is 3.80. The molecular weight excluding hydrogens is 736 g/mol. The van der Waals surface area contributed by atoms with Gasteiger partial charge in [0, 0.05) is 67.0 Å². The SMILES string of the molecule is CC(C)(C)OC(=O)N1CCC(S(=O)(=O)Cc2ccccc2)CC1.O=C(CCn1ccc2cc(Cl)ccc21)N1CCC(S(=O)(=O)Nc2ccccc2)CC1. The Labute approximate surface area is 318 Å². The second-order valence-electron chi connectivity index (χ2n) is 14.5. The molecule has 53 heavy (non-hydrogen) atoms. The molecule has 0 aliphatic carbocycles. The number of hydrogen-bond donors (Lipinski definition) is 1. The number of aryl methyl sites for hydroxylation is 1. The number of ether oxygens (including phenoxy) is 1. The maximum atomic E-state index is 12.7. The Morgan fingerprint density at radius 2 is 1.38 bits per heavy atom. The number of nitrogens with one attached hydrogen (secondary N) is 1. The third-order valence-electron chi connectivity index (χ3n) is 9.38. The smallest absolute Gasteiger partial charge is 0.410 e. The first-order chi connectivity index (χ1) is 25.1. The van der Waals surface area contributed by atoms with Crippen molar-refractivity contribution in [2.75, 3.05) is 30.9 Å². The maximum Gasteiger partial charge on any atom is 0.410 e. The zero-order chi connectivity index (χ0) is 38.2. The Morgan fingerprint density at radius 3 is 2.00 bits per heavy atom. The van der Waals surface area contributed by atoms with E-state index in [-0.39, 0.29) is 23.0 Å². The molecule has 0 unspecified atom stereocenters. The molecule has 2 fully saturated rings. The summed E-state index contributed by atoms with van der Waals surface area (Å²) in [6.45, 7) is 7.81. The van der Waals surface area contributed by atoms with Gasteiger partial charge in [0.05, 0.1) is 16.3 Å². The number of benzene rings is 3. The lowest BCUT2D eigenvalue weighted by atomic mass is 10.1. The Balaban J connectivity index is 0.000000212. The summed E-state index contributed by atoms with van der Waals surface area (Å²) in [5.41, 5.74) is 1.88. The van der Waals surface area contributed by atoms with Crippen LogP contribution in [-0.2, 0) is 41.7 Å². The molecule has 1 aromatic heterocycles. The van der Waals surface area contributed by atoms with Crippen LogP contribution in [0.2, 0.25) is 5.02 Å². The lowest BCUT2D eigenvalue weighted by Gasteiger charge is -2.33. The van der Waals surface area contributed by atoms with E-state index >= 15 is 0 Å². The number of sulfonamides is 1. The van der Waals surface area contributed by atoms with Crippen LogP contribution in [0.3, 0.4) is 0 Å². The third-order valence-corrected chi connectivity index (χ3v) is 13.7. The monoisotopic (exact) mass is 784 g/mol.